The number of rotatable bonds is 9. The zero-order valence-electron chi connectivity index (χ0n) is 17.4. The minimum absolute atomic E-state index is 0.0892. The van der Waals surface area contributed by atoms with E-state index in [9.17, 15) is 14.4 Å². The molecule has 0 heterocycles. The van der Waals surface area contributed by atoms with E-state index in [4.69, 9.17) is 9.47 Å². The van der Waals surface area contributed by atoms with Crippen LogP contribution in [-0.2, 0) is 19.1 Å². The lowest BCUT2D eigenvalue weighted by atomic mass is 10.2. The van der Waals surface area contributed by atoms with Gasteiger partial charge in [-0.3, -0.25) is 14.4 Å². The highest BCUT2D eigenvalue weighted by Gasteiger charge is 2.23. The van der Waals surface area contributed by atoms with Crippen LogP contribution >= 0.6 is 11.8 Å². The molecule has 0 fully saturated rings. The van der Waals surface area contributed by atoms with Crippen LogP contribution < -0.4 is 15.4 Å². The zero-order valence-corrected chi connectivity index (χ0v) is 18.2. The van der Waals surface area contributed by atoms with Crippen molar-refractivity contribution in [2.24, 2.45) is 0 Å². The van der Waals surface area contributed by atoms with Crippen LogP contribution in [0.1, 0.15) is 19.4 Å². The van der Waals surface area contributed by atoms with E-state index < -0.39 is 23.2 Å². The molecule has 0 saturated carbocycles. The van der Waals surface area contributed by atoms with E-state index in [1.54, 1.807) is 31.2 Å². The van der Waals surface area contributed by atoms with Crippen molar-refractivity contribution in [1.82, 2.24) is 0 Å². The van der Waals surface area contributed by atoms with Gasteiger partial charge in [0.25, 0.3) is 5.91 Å². The predicted octanol–water partition coefficient (Wildman–Crippen LogP) is 3.63. The van der Waals surface area contributed by atoms with E-state index >= 15 is 0 Å². The molecule has 0 unspecified atom stereocenters. The van der Waals surface area contributed by atoms with Crippen molar-refractivity contribution in [3.05, 3.63) is 54.1 Å². The Kier molecular flexibility index (Phi) is 8.73. The van der Waals surface area contributed by atoms with Crippen molar-refractivity contribution >= 4 is 40.9 Å². The third-order valence-electron chi connectivity index (χ3n) is 4.16. The second-order valence-electron chi connectivity index (χ2n) is 6.64. The topological polar surface area (TPSA) is 93.7 Å². The molecule has 7 nitrogen and oxygen atoms in total. The summed E-state index contributed by atoms with van der Waals surface area (Å²) < 4.78 is 10.4. The summed E-state index contributed by atoms with van der Waals surface area (Å²) in [5.41, 5.74) is 2.29. The first-order chi connectivity index (χ1) is 14.3. The van der Waals surface area contributed by atoms with Gasteiger partial charge in [0.15, 0.2) is 6.10 Å². The van der Waals surface area contributed by atoms with Crippen LogP contribution in [0.25, 0.3) is 0 Å². The van der Waals surface area contributed by atoms with E-state index in [0.717, 1.165) is 17.3 Å². The smallest absolute Gasteiger partial charge is 0.319 e. The number of thioether (sulfide) groups is 1. The Morgan fingerprint density at radius 1 is 1.00 bits per heavy atom. The number of hydrogen-bond acceptors (Lipinski definition) is 6. The summed E-state index contributed by atoms with van der Waals surface area (Å²) >= 11 is 1.14. The molecule has 0 aromatic heterocycles. The number of nitrogens with one attached hydrogen (secondary N) is 2. The number of carbonyl (C=O) groups excluding carboxylic acids is 3. The highest BCUT2D eigenvalue weighted by molar-refractivity contribution is 8.01. The first-order valence-corrected chi connectivity index (χ1v) is 10.5. The van der Waals surface area contributed by atoms with Crippen LogP contribution in [0.5, 0.6) is 5.75 Å². The molecule has 0 aliphatic rings. The SMILES string of the molecule is COc1ccccc1NC(=O)[C@H](C)OC(=O)[C@H](C)SCC(=O)Nc1ccc(C)cc1. The van der Waals surface area contributed by atoms with Crippen molar-refractivity contribution in [2.75, 3.05) is 23.5 Å². The lowest BCUT2D eigenvalue weighted by molar-refractivity contribution is -0.152. The van der Waals surface area contributed by atoms with Crippen molar-refractivity contribution in [3.8, 4) is 5.75 Å². The average molecular weight is 431 g/mol. The monoisotopic (exact) mass is 430 g/mol. The van der Waals surface area contributed by atoms with Gasteiger partial charge in [0.2, 0.25) is 5.91 Å². The Labute approximate surface area is 180 Å². The molecule has 2 N–H and O–H groups in total. The summed E-state index contributed by atoms with van der Waals surface area (Å²) in [6.45, 7) is 5.09. The second kappa shape index (κ2) is 11.3. The highest BCUT2D eigenvalue weighted by atomic mass is 32.2. The molecular formula is C22H26N2O5S. The zero-order chi connectivity index (χ0) is 22.1. The number of carbonyl (C=O) groups is 3. The molecule has 2 aromatic rings. The van der Waals surface area contributed by atoms with Gasteiger partial charge in [-0.05, 0) is 45.0 Å². The molecule has 0 aliphatic carbocycles. The maximum Gasteiger partial charge on any atom is 0.319 e. The fourth-order valence-electron chi connectivity index (χ4n) is 2.41. The van der Waals surface area contributed by atoms with Gasteiger partial charge in [-0.25, -0.2) is 0 Å². The minimum Gasteiger partial charge on any atom is -0.495 e. The number of hydrogen-bond donors (Lipinski definition) is 2. The van der Waals surface area contributed by atoms with Crippen molar-refractivity contribution in [3.63, 3.8) is 0 Å². The number of benzene rings is 2. The van der Waals surface area contributed by atoms with E-state index in [1.165, 1.54) is 14.0 Å². The molecule has 2 rings (SSSR count). The molecule has 2 amide bonds. The first-order valence-electron chi connectivity index (χ1n) is 9.42. The molecule has 2 aromatic carbocycles. The van der Waals surface area contributed by atoms with Gasteiger partial charge in [-0.2, -0.15) is 0 Å². The molecule has 30 heavy (non-hydrogen) atoms. The molecular weight excluding hydrogens is 404 g/mol. The number of amides is 2. The van der Waals surface area contributed by atoms with Crippen molar-refractivity contribution in [1.29, 1.82) is 0 Å². The lowest BCUT2D eigenvalue weighted by Gasteiger charge is -2.17. The predicted molar refractivity (Wildman–Crippen MR) is 119 cm³/mol. The molecule has 160 valence electrons. The third kappa shape index (κ3) is 7.11. The van der Waals surface area contributed by atoms with Crippen molar-refractivity contribution < 1.29 is 23.9 Å². The van der Waals surface area contributed by atoms with Crippen LogP contribution in [0.3, 0.4) is 0 Å². The van der Waals surface area contributed by atoms with Gasteiger partial charge in [0, 0.05) is 5.69 Å². The number of anilines is 2. The molecule has 0 spiro atoms. The summed E-state index contributed by atoms with van der Waals surface area (Å²) in [4.78, 5) is 36.6. The largest absolute Gasteiger partial charge is 0.495 e. The summed E-state index contributed by atoms with van der Waals surface area (Å²) in [6.07, 6.45) is -0.994. The normalized spacial score (nSPS) is 12.4. The van der Waals surface area contributed by atoms with Gasteiger partial charge in [0.1, 0.15) is 11.0 Å². The lowest BCUT2D eigenvalue weighted by Crippen LogP contribution is -2.33. The maximum atomic E-state index is 12.3. The maximum absolute atomic E-state index is 12.3. The fraction of sp³-hybridized carbons (Fsp3) is 0.318. The molecule has 2 atom stereocenters. The van der Waals surface area contributed by atoms with Crippen LogP contribution in [0.15, 0.2) is 48.5 Å². The number of ether oxygens (including phenoxy) is 2. The Morgan fingerprint density at radius 3 is 2.33 bits per heavy atom. The van der Waals surface area contributed by atoms with Gasteiger partial charge >= 0.3 is 5.97 Å². The summed E-state index contributed by atoms with van der Waals surface area (Å²) in [6, 6.07) is 14.4. The van der Waals surface area contributed by atoms with Crippen LogP contribution in [-0.4, -0.2) is 42.0 Å². The molecule has 0 saturated heterocycles. The number of esters is 1. The van der Waals surface area contributed by atoms with Crippen LogP contribution in [0.4, 0.5) is 11.4 Å². The Bertz CT molecular complexity index is 885. The molecule has 0 aliphatic heterocycles. The minimum atomic E-state index is -0.994. The average Bonchev–Trinajstić information content (AvgIpc) is 2.73. The Morgan fingerprint density at radius 2 is 1.67 bits per heavy atom. The third-order valence-corrected chi connectivity index (χ3v) is 5.28. The van der Waals surface area contributed by atoms with E-state index in [0.29, 0.717) is 17.1 Å². The Hall–Kier alpha value is -3.00. The van der Waals surface area contributed by atoms with Crippen molar-refractivity contribution in [2.45, 2.75) is 32.1 Å². The van der Waals surface area contributed by atoms with Crippen LogP contribution in [0.2, 0.25) is 0 Å². The van der Waals surface area contributed by atoms with Gasteiger partial charge < -0.3 is 20.1 Å². The number of para-hydroxylation sites is 2. The number of aryl methyl sites for hydroxylation is 1. The quantitative estimate of drug-likeness (QED) is 0.590. The van der Waals surface area contributed by atoms with E-state index in [1.807, 2.05) is 31.2 Å². The van der Waals surface area contributed by atoms with E-state index in [2.05, 4.69) is 10.6 Å². The summed E-state index contributed by atoms with van der Waals surface area (Å²) in [5, 5.41) is 4.85. The number of methoxy groups -OCH3 is 1. The summed E-state index contributed by atoms with van der Waals surface area (Å²) in [5.74, 6) is -0.655. The van der Waals surface area contributed by atoms with Gasteiger partial charge in [0.05, 0.1) is 18.6 Å². The van der Waals surface area contributed by atoms with Crippen LogP contribution in [0, 0.1) is 6.92 Å². The van der Waals surface area contributed by atoms with Gasteiger partial charge in [-0.15, -0.1) is 11.8 Å². The van der Waals surface area contributed by atoms with E-state index in [-0.39, 0.29) is 11.7 Å². The molecule has 0 radical (unpaired) electrons. The van der Waals surface area contributed by atoms with Gasteiger partial charge in [-0.1, -0.05) is 29.8 Å². The standard InChI is InChI=1S/C22H26N2O5S/c1-14-9-11-17(12-10-14)23-20(25)13-30-16(3)22(27)29-15(2)21(26)24-18-7-5-6-8-19(18)28-4/h5-12,15-16H,13H2,1-4H3,(H,23,25)(H,24,26)/t15-,16-/m0/s1. The molecule has 0 bridgehead atoms. The Balaban J connectivity index is 1.79. The summed E-state index contributed by atoms with van der Waals surface area (Å²) in [7, 11) is 1.50. The highest BCUT2D eigenvalue weighted by Crippen LogP contribution is 2.23. The fourth-order valence-corrected chi connectivity index (χ4v) is 3.07. The second-order valence-corrected chi connectivity index (χ2v) is 7.97. The first kappa shape index (κ1) is 23.3. The molecule has 8 heteroatoms.